The fraction of sp³-hybridized carbons (Fsp3) is 0.857. The zero-order valence-electron chi connectivity index (χ0n) is 6.30. The number of carbonyl (C=O) groups is 1. The van der Waals surface area contributed by atoms with Gasteiger partial charge in [-0.2, -0.15) is 0 Å². The molecule has 3 heteroatoms. The summed E-state index contributed by atoms with van der Waals surface area (Å²) in [6.45, 7) is 2.56. The molecule has 0 unspecified atom stereocenters. The molecule has 0 saturated heterocycles. The topological polar surface area (TPSA) is 46.5 Å². The summed E-state index contributed by atoms with van der Waals surface area (Å²) in [7, 11) is 0. The van der Waals surface area contributed by atoms with E-state index in [4.69, 9.17) is 9.84 Å². The highest BCUT2D eigenvalue weighted by atomic mass is 16.5. The van der Waals surface area contributed by atoms with Gasteiger partial charge in [-0.15, -0.1) is 0 Å². The Morgan fingerprint density at radius 3 is 2.70 bits per heavy atom. The summed E-state index contributed by atoms with van der Waals surface area (Å²) in [5, 5.41) is 8.28. The van der Waals surface area contributed by atoms with Crippen LogP contribution in [-0.2, 0) is 9.53 Å². The molecule has 0 spiro atoms. The van der Waals surface area contributed by atoms with Gasteiger partial charge in [0, 0.05) is 13.0 Å². The maximum Gasteiger partial charge on any atom is 0.129 e. The molecule has 0 aromatic carbocycles. The van der Waals surface area contributed by atoms with E-state index < -0.39 is 0 Å². The standard InChI is InChI=1S/C7H14O3/c1-7(9)3-2-5-10-6-4-8/h8H,2-6H2,1H3. The number of hydrogen-bond acceptors (Lipinski definition) is 3. The summed E-state index contributed by atoms with van der Waals surface area (Å²) in [5.74, 6) is 0.188. The molecule has 0 saturated carbocycles. The largest absolute Gasteiger partial charge is 0.394 e. The molecule has 0 fully saturated rings. The Hall–Kier alpha value is -0.410. The van der Waals surface area contributed by atoms with E-state index in [1.54, 1.807) is 6.92 Å². The predicted octanol–water partition coefficient (Wildman–Crippen LogP) is 0.364. The third-order valence-corrected chi connectivity index (χ3v) is 1.05. The SMILES string of the molecule is CC(=O)CCCOCCO. The Labute approximate surface area is 61.0 Å². The highest BCUT2D eigenvalue weighted by Crippen LogP contribution is 1.90. The number of aliphatic hydroxyl groups excluding tert-OH is 1. The van der Waals surface area contributed by atoms with Crippen molar-refractivity contribution < 1.29 is 14.6 Å². The normalized spacial score (nSPS) is 9.80. The van der Waals surface area contributed by atoms with E-state index in [1.165, 1.54) is 0 Å². The number of hydrogen-bond donors (Lipinski definition) is 1. The van der Waals surface area contributed by atoms with Crippen molar-refractivity contribution in [2.24, 2.45) is 0 Å². The molecule has 0 radical (unpaired) electrons. The van der Waals surface area contributed by atoms with Gasteiger partial charge in [0.05, 0.1) is 13.2 Å². The second kappa shape index (κ2) is 6.71. The van der Waals surface area contributed by atoms with Gasteiger partial charge in [-0.1, -0.05) is 0 Å². The average molecular weight is 146 g/mol. The molecule has 1 N–H and O–H groups in total. The van der Waals surface area contributed by atoms with Gasteiger partial charge in [0.2, 0.25) is 0 Å². The molecule has 0 bridgehead atoms. The summed E-state index contributed by atoms with van der Waals surface area (Å²) >= 11 is 0. The first-order valence-corrected chi connectivity index (χ1v) is 3.45. The minimum atomic E-state index is 0.0556. The molecule has 0 atom stereocenters. The Morgan fingerprint density at radius 1 is 1.50 bits per heavy atom. The van der Waals surface area contributed by atoms with Crippen LogP contribution in [0.25, 0.3) is 0 Å². The van der Waals surface area contributed by atoms with Gasteiger partial charge in [0.15, 0.2) is 0 Å². The molecule has 10 heavy (non-hydrogen) atoms. The second-order valence-corrected chi connectivity index (χ2v) is 2.14. The van der Waals surface area contributed by atoms with Gasteiger partial charge in [-0.3, -0.25) is 0 Å². The minimum Gasteiger partial charge on any atom is -0.394 e. The van der Waals surface area contributed by atoms with Crippen molar-refractivity contribution in [3.63, 3.8) is 0 Å². The Morgan fingerprint density at radius 2 is 2.20 bits per heavy atom. The molecule has 0 aliphatic heterocycles. The molecule has 0 rings (SSSR count). The molecule has 0 aromatic heterocycles. The van der Waals surface area contributed by atoms with Crippen molar-refractivity contribution in [1.29, 1.82) is 0 Å². The molecule has 0 heterocycles. The monoisotopic (exact) mass is 146 g/mol. The average Bonchev–Trinajstić information content (AvgIpc) is 1.87. The van der Waals surface area contributed by atoms with Crippen molar-refractivity contribution in [1.82, 2.24) is 0 Å². The third-order valence-electron chi connectivity index (χ3n) is 1.05. The van der Waals surface area contributed by atoms with Crippen LogP contribution < -0.4 is 0 Å². The number of ether oxygens (including phenoxy) is 1. The summed E-state index contributed by atoms with van der Waals surface area (Å²) in [5.41, 5.74) is 0. The second-order valence-electron chi connectivity index (χ2n) is 2.14. The van der Waals surface area contributed by atoms with Crippen LogP contribution in [-0.4, -0.2) is 30.7 Å². The first kappa shape index (κ1) is 9.59. The van der Waals surface area contributed by atoms with E-state index in [0.717, 1.165) is 6.42 Å². The lowest BCUT2D eigenvalue weighted by molar-refractivity contribution is -0.117. The van der Waals surface area contributed by atoms with Crippen LogP contribution in [0.1, 0.15) is 19.8 Å². The van der Waals surface area contributed by atoms with E-state index >= 15 is 0 Å². The quantitative estimate of drug-likeness (QED) is 0.550. The molecule has 3 nitrogen and oxygen atoms in total. The lowest BCUT2D eigenvalue weighted by Crippen LogP contribution is -2.02. The van der Waals surface area contributed by atoms with Gasteiger partial charge >= 0.3 is 0 Å². The van der Waals surface area contributed by atoms with Crippen molar-refractivity contribution >= 4 is 5.78 Å². The van der Waals surface area contributed by atoms with E-state index in [1.807, 2.05) is 0 Å². The molecule has 0 aliphatic carbocycles. The zero-order chi connectivity index (χ0) is 7.82. The number of ketones is 1. The van der Waals surface area contributed by atoms with Crippen molar-refractivity contribution in [2.75, 3.05) is 19.8 Å². The van der Waals surface area contributed by atoms with Gasteiger partial charge < -0.3 is 14.6 Å². The van der Waals surface area contributed by atoms with Gasteiger partial charge in [-0.25, -0.2) is 0 Å². The highest BCUT2D eigenvalue weighted by Gasteiger charge is 1.92. The van der Waals surface area contributed by atoms with Crippen LogP contribution in [0.15, 0.2) is 0 Å². The Bertz CT molecular complexity index is 90.9. The Kier molecular flexibility index (Phi) is 6.43. The lowest BCUT2D eigenvalue weighted by Gasteiger charge is -1.98. The zero-order valence-corrected chi connectivity index (χ0v) is 6.30. The summed E-state index contributed by atoms with van der Waals surface area (Å²) in [6, 6.07) is 0. The van der Waals surface area contributed by atoms with E-state index in [-0.39, 0.29) is 12.4 Å². The number of Topliss-reactive ketones (excluding diaryl/α,β-unsaturated/α-hetero) is 1. The van der Waals surface area contributed by atoms with E-state index in [9.17, 15) is 4.79 Å². The van der Waals surface area contributed by atoms with E-state index in [0.29, 0.717) is 19.6 Å². The number of aliphatic hydroxyl groups is 1. The van der Waals surface area contributed by atoms with E-state index in [2.05, 4.69) is 0 Å². The first-order chi connectivity index (χ1) is 4.77. The summed E-state index contributed by atoms with van der Waals surface area (Å²) in [6.07, 6.45) is 1.33. The molecular weight excluding hydrogens is 132 g/mol. The Balaban J connectivity index is 2.84. The van der Waals surface area contributed by atoms with Crippen LogP contribution in [0, 0.1) is 0 Å². The summed E-state index contributed by atoms with van der Waals surface area (Å²) < 4.78 is 4.93. The van der Waals surface area contributed by atoms with Crippen LogP contribution in [0.4, 0.5) is 0 Å². The van der Waals surface area contributed by atoms with Crippen molar-refractivity contribution in [2.45, 2.75) is 19.8 Å². The van der Waals surface area contributed by atoms with Gasteiger partial charge in [0.1, 0.15) is 5.78 Å². The van der Waals surface area contributed by atoms with Crippen LogP contribution in [0.2, 0.25) is 0 Å². The summed E-state index contributed by atoms with van der Waals surface area (Å²) in [4.78, 5) is 10.4. The van der Waals surface area contributed by atoms with Crippen molar-refractivity contribution in [3.8, 4) is 0 Å². The third kappa shape index (κ3) is 7.59. The minimum absolute atomic E-state index is 0.0556. The lowest BCUT2D eigenvalue weighted by atomic mass is 10.2. The fourth-order valence-corrected chi connectivity index (χ4v) is 0.590. The molecule has 0 aromatic rings. The smallest absolute Gasteiger partial charge is 0.129 e. The maximum absolute atomic E-state index is 10.4. The van der Waals surface area contributed by atoms with Crippen LogP contribution >= 0.6 is 0 Å². The van der Waals surface area contributed by atoms with Gasteiger partial charge in [-0.05, 0) is 13.3 Å². The number of rotatable bonds is 6. The van der Waals surface area contributed by atoms with Crippen LogP contribution in [0.3, 0.4) is 0 Å². The first-order valence-electron chi connectivity index (χ1n) is 3.45. The molecule has 0 amide bonds. The van der Waals surface area contributed by atoms with Crippen LogP contribution in [0.5, 0.6) is 0 Å². The predicted molar refractivity (Wildman–Crippen MR) is 37.8 cm³/mol. The van der Waals surface area contributed by atoms with Gasteiger partial charge in [0.25, 0.3) is 0 Å². The number of carbonyl (C=O) groups excluding carboxylic acids is 1. The highest BCUT2D eigenvalue weighted by molar-refractivity contribution is 5.75. The molecule has 60 valence electrons. The molecular formula is C7H14O3. The maximum atomic E-state index is 10.4. The molecule has 0 aliphatic rings. The van der Waals surface area contributed by atoms with Crippen molar-refractivity contribution in [3.05, 3.63) is 0 Å². The fourth-order valence-electron chi connectivity index (χ4n) is 0.590.